The Balaban J connectivity index is 1.50. The van der Waals surface area contributed by atoms with Gasteiger partial charge >= 0.3 is 0 Å². The molecule has 1 unspecified atom stereocenters. The van der Waals surface area contributed by atoms with E-state index in [0.29, 0.717) is 22.4 Å². The fourth-order valence-corrected chi connectivity index (χ4v) is 3.31. The van der Waals surface area contributed by atoms with Crippen LogP contribution in [0.4, 0.5) is 0 Å². The van der Waals surface area contributed by atoms with Gasteiger partial charge in [0.15, 0.2) is 11.5 Å². The van der Waals surface area contributed by atoms with Crippen molar-refractivity contribution in [2.45, 2.75) is 19.5 Å². The molecule has 7 nitrogen and oxygen atoms in total. The van der Waals surface area contributed by atoms with Crippen LogP contribution >= 0.6 is 15.9 Å². The van der Waals surface area contributed by atoms with Crippen molar-refractivity contribution < 1.29 is 14.3 Å². The summed E-state index contributed by atoms with van der Waals surface area (Å²) in [6, 6.07) is 10.6. The number of benzene rings is 2. The zero-order chi connectivity index (χ0) is 19.0. The number of nitrogens with zero attached hydrogens (tertiary/aromatic N) is 2. The predicted octanol–water partition coefficient (Wildman–Crippen LogP) is 2.77. The second-order valence-corrected chi connectivity index (χ2v) is 7.16. The van der Waals surface area contributed by atoms with E-state index >= 15 is 0 Å². The van der Waals surface area contributed by atoms with Gasteiger partial charge in [-0.1, -0.05) is 22.0 Å². The molecule has 1 amide bonds. The summed E-state index contributed by atoms with van der Waals surface area (Å²) in [6.07, 6.45) is 1.39. The second kappa shape index (κ2) is 7.03. The lowest BCUT2D eigenvalue weighted by atomic mass is 10.1. The number of hydrogen-bond donors (Lipinski definition) is 1. The van der Waals surface area contributed by atoms with Crippen LogP contribution in [0.1, 0.15) is 18.5 Å². The number of aromatic nitrogens is 2. The minimum absolute atomic E-state index is 0.108. The molecule has 1 aromatic heterocycles. The molecule has 2 aromatic carbocycles. The Labute approximate surface area is 163 Å². The molecule has 0 saturated carbocycles. The van der Waals surface area contributed by atoms with Crippen LogP contribution in [0.5, 0.6) is 11.5 Å². The van der Waals surface area contributed by atoms with Gasteiger partial charge in [-0.3, -0.25) is 14.2 Å². The molecule has 4 rings (SSSR count). The highest BCUT2D eigenvalue weighted by atomic mass is 79.9. The topological polar surface area (TPSA) is 82.5 Å². The van der Waals surface area contributed by atoms with Gasteiger partial charge in [-0.05, 0) is 42.8 Å². The van der Waals surface area contributed by atoms with Gasteiger partial charge in [0.2, 0.25) is 12.7 Å². The van der Waals surface area contributed by atoms with Crippen LogP contribution in [-0.2, 0) is 11.3 Å². The number of hydrogen-bond acceptors (Lipinski definition) is 5. The highest BCUT2D eigenvalue weighted by molar-refractivity contribution is 9.10. The van der Waals surface area contributed by atoms with E-state index in [1.807, 2.05) is 31.2 Å². The van der Waals surface area contributed by atoms with Gasteiger partial charge in [-0.25, -0.2) is 4.98 Å². The van der Waals surface area contributed by atoms with Crippen molar-refractivity contribution in [2.24, 2.45) is 0 Å². The number of amides is 1. The van der Waals surface area contributed by atoms with Crippen LogP contribution in [0.3, 0.4) is 0 Å². The summed E-state index contributed by atoms with van der Waals surface area (Å²) in [5.41, 5.74) is 1.22. The van der Waals surface area contributed by atoms with Crippen LogP contribution in [0.2, 0.25) is 0 Å². The fraction of sp³-hybridized carbons (Fsp3) is 0.211. The molecule has 138 valence electrons. The molecule has 0 fully saturated rings. The number of carbonyl (C=O) groups is 1. The van der Waals surface area contributed by atoms with Crippen LogP contribution in [0.25, 0.3) is 10.9 Å². The zero-order valence-corrected chi connectivity index (χ0v) is 16.0. The van der Waals surface area contributed by atoms with E-state index in [1.165, 1.54) is 10.9 Å². The number of rotatable bonds is 4. The molecule has 1 aliphatic heterocycles. The lowest BCUT2D eigenvalue weighted by Crippen LogP contribution is -2.34. The Morgan fingerprint density at radius 1 is 1.26 bits per heavy atom. The average Bonchev–Trinajstić information content (AvgIpc) is 3.12. The number of nitrogens with one attached hydrogen (secondary N) is 1. The third kappa shape index (κ3) is 3.52. The average molecular weight is 430 g/mol. The molecule has 2 heterocycles. The minimum Gasteiger partial charge on any atom is -0.454 e. The van der Waals surface area contributed by atoms with Crippen molar-refractivity contribution >= 4 is 32.7 Å². The van der Waals surface area contributed by atoms with E-state index < -0.39 is 0 Å². The van der Waals surface area contributed by atoms with Crippen molar-refractivity contribution in [3.63, 3.8) is 0 Å². The molecule has 0 saturated heterocycles. The van der Waals surface area contributed by atoms with Crippen LogP contribution in [0, 0.1) is 0 Å². The Morgan fingerprint density at radius 2 is 2.07 bits per heavy atom. The van der Waals surface area contributed by atoms with Gasteiger partial charge in [0.1, 0.15) is 6.54 Å². The highest BCUT2D eigenvalue weighted by Crippen LogP contribution is 2.34. The summed E-state index contributed by atoms with van der Waals surface area (Å²) < 4.78 is 12.7. The summed E-state index contributed by atoms with van der Waals surface area (Å²) in [5, 5.41) is 3.35. The van der Waals surface area contributed by atoms with Gasteiger partial charge in [0.25, 0.3) is 5.56 Å². The van der Waals surface area contributed by atoms with Crippen molar-refractivity contribution in [1.29, 1.82) is 0 Å². The Morgan fingerprint density at radius 3 is 2.93 bits per heavy atom. The predicted molar refractivity (Wildman–Crippen MR) is 103 cm³/mol. The van der Waals surface area contributed by atoms with Crippen molar-refractivity contribution in [1.82, 2.24) is 14.9 Å². The highest BCUT2D eigenvalue weighted by Gasteiger charge is 2.17. The molecular formula is C19H16BrN3O4. The first kappa shape index (κ1) is 17.5. The molecule has 0 radical (unpaired) electrons. The van der Waals surface area contributed by atoms with Crippen molar-refractivity contribution in [2.75, 3.05) is 6.79 Å². The monoisotopic (exact) mass is 429 g/mol. The maximum absolute atomic E-state index is 12.6. The summed E-state index contributed by atoms with van der Waals surface area (Å²) in [5.74, 6) is 1.07. The largest absolute Gasteiger partial charge is 0.454 e. The summed E-state index contributed by atoms with van der Waals surface area (Å²) in [7, 11) is 0. The summed E-state index contributed by atoms with van der Waals surface area (Å²) in [4.78, 5) is 29.3. The maximum Gasteiger partial charge on any atom is 0.261 e. The Hall–Kier alpha value is -2.87. The lowest BCUT2D eigenvalue weighted by Gasteiger charge is -2.15. The lowest BCUT2D eigenvalue weighted by molar-refractivity contribution is -0.122. The van der Waals surface area contributed by atoms with Gasteiger partial charge in [0.05, 0.1) is 23.3 Å². The van der Waals surface area contributed by atoms with Crippen molar-refractivity contribution in [3.8, 4) is 11.5 Å². The molecule has 27 heavy (non-hydrogen) atoms. The molecular weight excluding hydrogens is 414 g/mol. The fourth-order valence-electron chi connectivity index (χ4n) is 2.95. The third-order valence-corrected chi connectivity index (χ3v) is 4.87. The maximum atomic E-state index is 12.6. The van der Waals surface area contributed by atoms with Gasteiger partial charge < -0.3 is 14.8 Å². The first-order valence-corrected chi connectivity index (χ1v) is 9.14. The van der Waals surface area contributed by atoms with E-state index in [9.17, 15) is 9.59 Å². The number of halogens is 1. The molecule has 3 aromatic rings. The minimum atomic E-state index is -0.279. The Bertz CT molecular complexity index is 1100. The summed E-state index contributed by atoms with van der Waals surface area (Å²) >= 11 is 3.35. The van der Waals surface area contributed by atoms with Gasteiger partial charge in [-0.2, -0.15) is 0 Å². The molecule has 1 atom stereocenters. The first-order valence-electron chi connectivity index (χ1n) is 8.35. The van der Waals surface area contributed by atoms with Gasteiger partial charge in [-0.15, -0.1) is 0 Å². The van der Waals surface area contributed by atoms with Crippen LogP contribution < -0.4 is 20.3 Å². The van der Waals surface area contributed by atoms with E-state index in [2.05, 4.69) is 26.2 Å². The number of carbonyl (C=O) groups excluding carboxylic acids is 1. The smallest absolute Gasteiger partial charge is 0.261 e. The van der Waals surface area contributed by atoms with Crippen LogP contribution in [-0.4, -0.2) is 22.3 Å². The summed E-state index contributed by atoms with van der Waals surface area (Å²) in [6.45, 7) is 1.96. The standard InChI is InChI=1S/C19H16BrN3O4/c1-11(12-2-5-16-17(6-12)27-10-26-16)22-18(24)8-23-9-21-15-4-3-13(20)7-14(15)19(23)25/h2-7,9,11H,8,10H2,1H3,(H,22,24). The SMILES string of the molecule is CC(NC(=O)Cn1cnc2ccc(Br)cc2c1=O)c1ccc2c(c1)OCO2. The number of fused-ring (bicyclic) bond motifs is 2. The molecule has 8 heteroatoms. The van der Waals surface area contributed by atoms with Crippen LogP contribution in [0.15, 0.2) is 52.0 Å². The van der Waals surface area contributed by atoms with E-state index in [0.717, 1.165) is 10.0 Å². The van der Waals surface area contributed by atoms with E-state index in [1.54, 1.807) is 12.1 Å². The van der Waals surface area contributed by atoms with E-state index in [4.69, 9.17) is 9.47 Å². The van der Waals surface area contributed by atoms with Crippen molar-refractivity contribution in [3.05, 3.63) is 63.1 Å². The molecule has 0 spiro atoms. The second-order valence-electron chi connectivity index (χ2n) is 6.24. The quantitative estimate of drug-likeness (QED) is 0.689. The Kier molecular flexibility index (Phi) is 4.57. The number of ether oxygens (including phenoxy) is 2. The normalized spacial score (nSPS) is 13.6. The molecule has 1 aliphatic rings. The third-order valence-electron chi connectivity index (χ3n) is 4.37. The first-order chi connectivity index (χ1) is 13.0. The molecule has 0 bridgehead atoms. The zero-order valence-electron chi connectivity index (χ0n) is 14.4. The van der Waals surface area contributed by atoms with Gasteiger partial charge in [0, 0.05) is 4.47 Å². The molecule has 0 aliphatic carbocycles. The van der Waals surface area contributed by atoms with E-state index in [-0.39, 0.29) is 30.8 Å². The molecule has 1 N–H and O–H groups in total.